The van der Waals surface area contributed by atoms with Crippen molar-refractivity contribution in [1.82, 2.24) is 4.57 Å². The standard InChI is InChI=1S/C18H15N3O5S2/c1-3-10-20-14-9-8-12(21(23)24)11-15(14)27-18(20)19-17(22)13-6-4-5-7-16(13)28(2,25)26/h3-9,11H,1,10H2,2H3. The highest BCUT2D eigenvalue weighted by molar-refractivity contribution is 7.90. The summed E-state index contributed by atoms with van der Waals surface area (Å²) in [5.41, 5.74) is 0.567. The van der Waals surface area contributed by atoms with Crippen molar-refractivity contribution in [2.24, 2.45) is 4.99 Å². The first-order chi connectivity index (χ1) is 13.2. The Bertz CT molecular complexity index is 1290. The van der Waals surface area contributed by atoms with Crippen molar-refractivity contribution in [3.8, 4) is 0 Å². The molecule has 0 saturated carbocycles. The molecule has 0 aliphatic rings. The van der Waals surface area contributed by atoms with E-state index in [0.717, 1.165) is 17.6 Å². The Labute approximate surface area is 164 Å². The van der Waals surface area contributed by atoms with E-state index < -0.39 is 20.7 Å². The molecule has 0 atom stereocenters. The van der Waals surface area contributed by atoms with E-state index in [-0.39, 0.29) is 16.1 Å². The van der Waals surface area contributed by atoms with Gasteiger partial charge in [-0.05, 0) is 18.2 Å². The van der Waals surface area contributed by atoms with Crippen molar-refractivity contribution >= 4 is 43.0 Å². The van der Waals surface area contributed by atoms with Crippen LogP contribution in [0.4, 0.5) is 5.69 Å². The van der Waals surface area contributed by atoms with Crippen LogP contribution < -0.4 is 4.80 Å². The van der Waals surface area contributed by atoms with Gasteiger partial charge in [0.05, 0.1) is 25.6 Å². The summed E-state index contributed by atoms with van der Waals surface area (Å²) >= 11 is 1.11. The normalized spacial score (nSPS) is 12.2. The van der Waals surface area contributed by atoms with Crippen LogP contribution in [0.5, 0.6) is 0 Å². The zero-order valence-electron chi connectivity index (χ0n) is 14.7. The Kier molecular flexibility index (Phi) is 5.25. The highest BCUT2D eigenvalue weighted by Gasteiger charge is 2.18. The second kappa shape index (κ2) is 7.49. The number of rotatable bonds is 5. The molecule has 3 rings (SSSR count). The first-order valence-corrected chi connectivity index (χ1v) is 10.7. The number of allylic oxidation sites excluding steroid dienone is 1. The van der Waals surface area contributed by atoms with Crippen molar-refractivity contribution in [2.45, 2.75) is 11.4 Å². The van der Waals surface area contributed by atoms with E-state index in [1.54, 1.807) is 22.8 Å². The number of carbonyl (C=O) groups is 1. The molecule has 0 aliphatic heterocycles. The number of nitro groups is 1. The fraction of sp³-hybridized carbons (Fsp3) is 0.111. The molecule has 0 bridgehead atoms. The van der Waals surface area contributed by atoms with Gasteiger partial charge in [-0.3, -0.25) is 14.9 Å². The maximum absolute atomic E-state index is 12.7. The zero-order valence-corrected chi connectivity index (χ0v) is 16.4. The number of hydrogen-bond donors (Lipinski definition) is 0. The molecule has 1 amide bonds. The number of benzene rings is 2. The lowest BCUT2D eigenvalue weighted by Gasteiger charge is -2.04. The third-order valence-electron chi connectivity index (χ3n) is 3.90. The van der Waals surface area contributed by atoms with E-state index in [0.29, 0.717) is 21.6 Å². The van der Waals surface area contributed by atoms with Crippen LogP contribution in [-0.4, -0.2) is 30.1 Å². The maximum Gasteiger partial charge on any atom is 0.280 e. The fourth-order valence-electron chi connectivity index (χ4n) is 2.68. The van der Waals surface area contributed by atoms with E-state index in [1.165, 1.54) is 30.3 Å². The largest absolute Gasteiger partial charge is 0.312 e. The smallest absolute Gasteiger partial charge is 0.280 e. The molecule has 0 aliphatic carbocycles. The van der Waals surface area contributed by atoms with Gasteiger partial charge in [-0.15, -0.1) is 6.58 Å². The Morgan fingerprint density at radius 2 is 2.04 bits per heavy atom. The summed E-state index contributed by atoms with van der Waals surface area (Å²) in [7, 11) is -3.61. The molecule has 1 heterocycles. The first kappa shape index (κ1) is 19.6. The molecule has 0 radical (unpaired) electrons. The van der Waals surface area contributed by atoms with E-state index in [4.69, 9.17) is 0 Å². The molecule has 0 fully saturated rings. The minimum atomic E-state index is -3.61. The Morgan fingerprint density at radius 1 is 1.32 bits per heavy atom. The molecule has 0 saturated heterocycles. The molecule has 1 aromatic heterocycles. The minimum absolute atomic E-state index is 0.0291. The number of nitro benzene ring substituents is 1. The van der Waals surface area contributed by atoms with Crippen molar-refractivity contribution in [3.05, 3.63) is 75.6 Å². The van der Waals surface area contributed by atoms with Crippen molar-refractivity contribution in [2.75, 3.05) is 6.26 Å². The predicted octanol–water partition coefficient (Wildman–Crippen LogP) is 2.94. The molecule has 8 nitrogen and oxygen atoms in total. The number of nitrogens with zero attached hydrogens (tertiary/aromatic N) is 3. The first-order valence-electron chi connectivity index (χ1n) is 7.99. The van der Waals surface area contributed by atoms with Gasteiger partial charge in [0.25, 0.3) is 11.6 Å². The molecule has 0 N–H and O–H groups in total. The Balaban J connectivity index is 2.21. The molecule has 0 unspecified atom stereocenters. The van der Waals surface area contributed by atoms with Gasteiger partial charge >= 0.3 is 0 Å². The fourth-order valence-corrected chi connectivity index (χ4v) is 4.63. The molecule has 3 aromatic rings. The van der Waals surface area contributed by atoms with E-state index in [9.17, 15) is 23.3 Å². The zero-order chi connectivity index (χ0) is 20.5. The average Bonchev–Trinajstić information content (AvgIpc) is 2.97. The lowest BCUT2D eigenvalue weighted by Crippen LogP contribution is -2.17. The van der Waals surface area contributed by atoms with Crippen molar-refractivity contribution in [1.29, 1.82) is 0 Å². The lowest BCUT2D eigenvalue weighted by atomic mass is 10.2. The van der Waals surface area contributed by atoms with Gasteiger partial charge in [0.2, 0.25) is 0 Å². The summed E-state index contributed by atoms with van der Waals surface area (Å²) in [6.07, 6.45) is 2.64. The second-order valence-corrected chi connectivity index (χ2v) is 8.87. The van der Waals surface area contributed by atoms with E-state index in [1.807, 2.05) is 0 Å². The summed E-state index contributed by atoms with van der Waals surface area (Å²) in [6, 6.07) is 10.2. The quantitative estimate of drug-likeness (QED) is 0.360. The van der Waals surface area contributed by atoms with Gasteiger partial charge in [0.1, 0.15) is 0 Å². The van der Waals surface area contributed by atoms with Crippen LogP contribution in [-0.2, 0) is 16.4 Å². The highest BCUT2D eigenvalue weighted by atomic mass is 32.2. The molecule has 2 aromatic carbocycles. The topological polar surface area (TPSA) is 112 Å². The summed E-state index contributed by atoms with van der Waals surface area (Å²) < 4.78 is 26.2. The van der Waals surface area contributed by atoms with Gasteiger partial charge < -0.3 is 4.57 Å². The number of amides is 1. The summed E-state index contributed by atoms with van der Waals surface area (Å²) in [4.78, 5) is 27.5. The van der Waals surface area contributed by atoms with Gasteiger partial charge in [-0.2, -0.15) is 4.99 Å². The summed E-state index contributed by atoms with van der Waals surface area (Å²) in [6.45, 7) is 4.01. The summed E-state index contributed by atoms with van der Waals surface area (Å²) in [5, 5.41) is 11.0. The molecular weight excluding hydrogens is 402 g/mol. The molecule has 28 heavy (non-hydrogen) atoms. The second-order valence-electron chi connectivity index (χ2n) is 5.88. The average molecular weight is 417 g/mol. The van der Waals surface area contributed by atoms with Crippen molar-refractivity contribution in [3.63, 3.8) is 0 Å². The SMILES string of the molecule is C=CCn1c(=NC(=O)c2ccccc2S(C)(=O)=O)sc2cc([N+](=O)[O-])ccc21. The van der Waals surface area contributed by atoms with Gasteiger partial charge in [-0.25, -0.2) is 8.42 Å². The Hall–Kier alpha value is -3.11. The lowest BCUT2D eigenvalue weighted by molar-refractivity contribution is -0.384. The predicted molar refractivity (Wildman–Crippen MR) is 106 cm³/mol. The number of hydrogen-bond acceptors (Lipinski definition) is 6. The third kappa shape index (κ3) is 3.78. The van der Waals surface area contributed by atoms with Crippen LogP contribution in [0, 0.1) is 10.1 Å². The number of aromatic nitrogens is 1. The Morgan fingerprint density at radius 3 is 2.68 bits per heavy atom. The van der Waals surface area contributed by atoms with Gasteiger partial charge in [0.15, 0.2) is 14.6 Å². The van der Waals surface area contributed by atoms with Crippen LogP contribution in [0.3, 0.4) is 0 Å². The monoisotopic (exact) mass is 417 g/mol. The van der Waals surface area contributed by atoms with Crippen LogP contribution >= 0.6 is 11.3 Å². The van der Waals surface area contributed by atoms with Crippen molar-refractivity contribution < 1.29 is 18.1 Å². The third-order valence-corrected chi connectivity index (χ3v) is 6.10. The molecule has 144 valence electrons. The highest BCUT2D eigenvalue weighted by Crippen LogP contribution is 2.23. The van der Waals surface area contributed by atoms with E-state index in [2.05, 4.69) is 11.6 Å². The van der Waals surface area contributed by atoms with Gasteiger partial charge in [-0.1, -0.05) is 29.5 Å². The number of non-ortho nitro benzene ring substituents is 1. The van der Waals surface area contributed by atoms with Gasteiger partial charge in [0, 0.05) is 24.9 Å². The van der Waals surface area contributed by atoms with Crippen LogP contribution in [0.15, 0.2) is 65.0 Å². The van der Waals surface area contributed by atoms with E-state index >= 15 is 0 Å². The molecule has 0 spiro atoms. The maximum atomic E-state index is 12.7. The molecule has 10 heteroatoms. The number of fused-ring (bicyclic) bond motifs is 1. The number of sulfone groups is 1. The van der Waals surface area contributed by atoms with Crippen LogP contribution in [0.1, 0.15) is 10.4 Å². The molecular formula is C18H15N3O5S2. The number of carbonyl (C=O) groups excluding carboxylic acids is 1. The summed E-state index contributed by atoms with van der Waals surface area (Å²) in [5.74, 6) is -0.708. The van der Waals surface area contributed by atoms with Crippen LogP contribution in [0.25, 0.3) is 10.2 Å². The van der Waals surface area contributed by atoms with Crippen LogP contribution in [0.2, 0.25) is 0 Å². The minimum Gasteiger partial charge on any atom is -0.312 e. The number of thiazole rings is 1.